The molecule has 0 radical (unpaired) electrons. The van der Waals surface area contributed by atoms with E-state index in [-0.39, 0.29) is 10.8 Å². The molecule has 1 aliphatic rings. The predicted octanol–water partition coefficient (Wildman–Crippen LogP) is 3.35. The molecule has 0 bridgehead atoms. The molecule has 1 heterocycles. The molecule has 0 spiro atoms. The van der Waals surface area contributed by atoms with Gasteiger partial charge in [-0.1, -0.05) is 26.0 Å². The molecule has 0 saturated carbocycles. The maximum absolute atomic E-state index is 12.7. The van der Waals surface area contributed by atoms with Gasteiger partial charge in [-0.15, -0.1) is 0 Å². The fraction of sp³-hybridized carbons (Fsp3) is 0.316. The van der Waals surface area contributed by atoms with Crippen LogP contribution in [0, 0.1) is 0 Å². The average Bonchev–Trinajstić information content (AvgIpc) is 3.04. The molecule has 0 aromatic heterocycles. The van der Waals surface area contributed by atoms with Crippen LogP contribution in [0.5, 0.6) is 0 Å². The minimum atomic E-state index is -3.66. The van der Waals surface area contributed by atoms with Crippen LogP contribution in [-0.4, -0.2) is 20.9 Å². The third-order valence-electron chi connectivity index (χ3n) is 4.45. The standard InChI is InChI=1S/C19H22N2O3S/c1-3-14-6-5-7-16(12-14)20-25(23,24)17-8-9-18-15(13-17)10-11-21(18)19(22)4-2/h5-9,12-13,20H,3-4,10-11H2,1-2H3. The van der Waals surface area contributed by atoms with Crippen LogP contribution in [0.4, 0.5) is 11.4 Å². The van der Waals surface area contributed by atoms with Crippen molar-refractivity contribution in [3.05, 3.63) is 53.6 Å². The van der Waals surface area contributed by atoms with Gasteiger partial charge in [0.1, 0.15) is 0 Å². The first kappa shape index (κ1) is 17.5. The molecular weight excluding hydrogens is 336 g/mol. The molecule has 132 valence electrons. The van der Waals surface area contributed by atoms with Crippen molar-refractivity contribution >= 4 is 27.3 Å². The molecule has 0 saturated heterocycles. The number of aryl methyl sites for hydroxylation is 1. The summed E-state index contributed by atoms with van der Waals surface area (Å²) in [6, 6.07) is 12.3. The van der Waals surface area contributed by atoms with Crippen LogP contribution in [-0.2, 0) is 27.7 Å². The van der Waals surface area contributed by atoms with E-state index < -0.39 is 10.0 Å². The number of anilines is 2. The first-order valence-electron chi connectivity index (χ1n) is 8.49. The van der Waals surface area contributed by atoms with E-state index in [9.17, 15) is 13.2 Å². The third kappa shape index (κ3) is 3.54. The van der Waals surface area contributed by atoms with E-state index >= 15 is 0 Å². The van der Waals surface area contributed by atoms with Crippen molar-refractivity contribution in [2.75, 3.05) is 16.2 Å². The number of hydrogen-bond donors (Lipinski definition) is 1. The number of hydrogen-bond acceptors (Lipinski definition) is 3. The van der Waals surface area contributed by atoms with Crippen LogP contribution in [0.2, 0.25) is 0 Å². The normalized spacial score (nSPS) is 13.6. The second kappa shape index (κ2) is 6.88. The van der Waals surface area contributed by atoms with E-state index in [4.69, 9.17) is 0 Å². The van der Waals surface area contributed by atoms with E-state index in [2.05, 4.69) is 4.72 Å². The first-order valence-corrected chi connectivity index (χ1v) is 9.98. The predicted molar refractivity (Wildman–Crippen MR) is 99.4 cm³/mol. The summed E-state index contributed by atoms with van der Waals surface area (Å²) in [6.07, 6.45) is 1.96. The molecule has 1 N–H and O–H groups in total. The highest BCUT2D eigenvalue weighted by molar-refractivity contribution is 7.92. The van der Waals surface area contributed by atoms with Crippen molar-refractivity contribution in [1.82, 2.24) is 0 Å². The molecule has 3 rings (SSSR count). The van der Waals surface area contributed by atoms with Gasteiger partial charge in [-0.3, -0.25) is 9.52 Å². The van der Waals surface area contributed by atoms with Gasteiger partial charge in [0.05, 0.1) is 4.90 Å². The smallest absolute Gasteiger partial charge is 0.261 e. The Bertz CT molecular complexity index is 907. The van der Waals surface area contributed by atoms with E-state index in [1.165, 1.54) is 0 Å². The number of nitrogens with one attached hydrogen (secondary N) is 1. The van der Waals surface area contributed by atoms with Gasteiger partial charge in [0.15, 0.2) is 0 Å². The second-order valence-electron chi connectivity index (χ2n) is 6.10. The Morgan fingerprint density at radius 1 is 1.16 bits per heavy atom. The molecule has 6 heteroatoms. The van der Waals surface area contributed by atoms with Crippen molar-refractivity contribution in [2.45, 2.75) is 38.0 Å². The van der Waals surface area contributed by atoms with Crippen molar-refractivity contribution in [3.63, 3.8) is 0 Å². The summed E-state index contributed by atoms with van der Waals surface area (Å²) in [5.41, 5.74) is 3.34. The first-order chi connectivity index (χ1) is 11.9. The molecule has 2 aromatic carbocycles. The van der Waals surface area contributed by atoms with Gasteiger partial charge >= 0.3 is 0 Å². The maximum atomic E-state index is 12.7. The van der Waals surface area contributed by atoms with Gasteiger partial charge in [0.2, 0.25) is 5.91 Å². The van der Waals surface area contributed by atoms with Crippen LogP contribution < -0.4 is 9.62 Å². The Balaban J connectivity index is 1.87. The minimum Gasteiger partial charge on any atom is -0.312 e. The van der Waals surface area contributed by atoms with Crippen LogP contribution in [0.15, 0.2) is 47.4 Å². The van der Waals surface area contributed by atoms with Crippen molar-refractivity contribution in [1.29, 1.82) is 0 Å². The summed E-state index contributed by atoms with van der Waals surface area (Å²) in [4.78, 5) is 13.9. The van der Waals surface area contributed by atoms with Crippen molar-refractivity contribution < 1.29 is 13.2 Å². The van der Waals surface area contributed by atoms with Gasteiger partial charge in [0, 0.05) is 24.3 Å². The monoisotopic (exact) mass is 358 g/mol. The largest absolute Gasteiger partial charge is 0.312 e. The number of carbonyl (C=O) groups is 1. The zero-order valence-corrected chi connectivity index (χ0v) is 15.3. The Labute approximate surface area is 148 Å². The zero-order chi connectivity index (χ0) is 18.0. The van der Waals surface area contributed by atoms with E-state index in [0.29, 0.717) is 25.1 Å². The number of carbonyl (C=O) groups excluding carboxylic acids is 1. The lowest BCUT2D eigenvalue weighted by Gasteiger charge is -2.16. The van der Waals surface area contributed by atoms with Crippen LogP contribution >= 0.6 is 0 Å². The topological polar surface area (TPSA) is 66.5 Å². The van der Waals surface area contributed by atoms with Gasteiger partial charge in [-0.25, -0.2) is 8.42 Å². The molecule has 0 unspecified atom stereocenters. The van der Waals surface area contributed by atoms with Crippen LogP contribution in [0.3, 0.4) is 0 Å². The Hall–Kier alpha value is -2.34. The summed E-state index contributed by atoms with van der Waals surface area (Å²) in [5.74, 6) is 0.0591. The third-order valence-corrected chi connectivity index (χ3v) is 5.83. The van der Waals surface area contributed by atoms with Gasteiger partial charge in [-0.05, 0) is 54.3 Å². The highest BCUT2D eigenvalue weighted by atomic mass is 32.2. The van der Waals surface area contributed by atoms with Gasteiger partial charge in [-0.2, -0.15) is 0 Å². The highest BCUT2D eigenvalue weighted by Gasteiger charge is 2.25. The Kier molecular flexibility index (Phi) is 4.81. The highest BCUT2D eigenvalue weighted by Crippen LogP contribution is 2.31. The quantitative estimate of drug-likeness (QED) is 0.891. The van der Waals surface area contributed by atoms with Crippen molar-refractivity contribution in [2.24, 2.45) is 0 Å². The lowest BCUT2D eigenvalue weighted by Crippen LogP contribution is -2.27. The van der Waals surface area contributed by atoms with E-state index in [1.54, 1.807) is 29.2 Å². The minimum absolute atomic E-state index is 0.0591. The number of sulfonamides is 1. The number of fused-ring (bicyclic) bond motifs is 1. The Morgan fingerprint density at radius 3 is 2.68 bits per heavy atom. The molecule has 1 aliphatic heterocycles. The summed E-state index contributed by atoms with van der Waals surface area (Å²) in [6.45, 7) is 4.46. The van der Waals surface area contributed by atoms with E-state index in [0.717, 1.165) is 23.2 Å². The number of benzene rings is 2. The zero-order valence-electron chi connectivity index (χ0n) is 14.5. The van der Waals surface area contributed by atoms with Crippen LogP contribution in [0.1, 0.15) is 31.4 Å². The second-order valence-corrected chi connectivity index (χ2v) is 7.78. The maximum Gasteiger partial charge on any atom is 0.261 e. The van der Waals surface area contributed by atoms with Crippen LogP contribution in [0.25, 0.3) is 0 Å². The van der Waals surface area contributed by atoms with Gasteiger partial charge in [0.25, 0.3) is 10.0 Å². The molecule has 0 aliphatic carbocycles. The lowest BCUT2D eigenvalue weighted by atomic mass is 10.1. The van der Waals surface area contributed by atoms with E-state index in [1.807, 2.05) is 32.0 Å². The van der Waals surface area contributed by atoms with Gasteiger partial charge < -0.3 is 4.90 Å². The molecule has 1 amide bonds. The summed E-state index contributed by atoms with van der Waals surface area (Å²) < 4.78 is 28.0. The summed E-state index contributed by atoms with van der Waals surface area (Å²) in [7, 11) is -3.66. The lowest BCUT2D eigenvalue weighted by molar-refractivity contribution is -0.118. The summed E-state index contributed by atoms with van der Waals surface area (Å²) in [5, 5.41) is 0. The molecular formula is C19H22N2O3S. The molecule has 0 fully saturated rings. The Morgan fingerprint density at radius 2 is 1.96 bits per heavy atom. The molecule has 2 aromatic rings. The number of nitrogens with zero attached hydrogens (tertiary/aromatic N) is 1. The fourth-order valence-corrected chi connectivity index (χ4v) is 4.16. The average molecular weight is 358 g/mol. The molecule has 0 atom stereocenters. The number of amides is 1. The molecule has 25 heavy (non-hydrogen) atoms. The van der Waals surface area contributed by atoms with Crippen molar-refractivity contribution in [3.8, 4) is 0 Å². The summed E-state index contributed by atoms with van der Waals surface area (Å²) >= 11 is 0. The number of rotatable bonds is 5. The fourth-order valence-electron chi connectivity index (χ4n) is 3.06. The SMILES string of the molecule is CCC(=O)N1CCc2cc(S(=O)(=O)Nc3cccc(CC)c3)ccc21. The molecule has 5 nitrogen and oxygen atoms in total.